The summed E-state index contributed by atoms with van der Waals surface area (Å²) in [6.07, 6.45) is 11.0. The number of fused-ring (bicyclic) bond motifs is 7. The van der Waals surface area contributed by atoms with Crippen molar-refractivity contribution in [2.45, 2.75) is 119 Å². The molecule has 5 aliphatic carbocycles. The molecule has 240 valence electrons. The number of rotatable bonds is 4. The third-order valence-corrected chi connectivity index (χ3v) is 14.6. The maximum absolute atomic E-state index is 13.3. The molecule has 0 aromatic heterocycles. The van der Waals surface area contributed by atoms with Gasteiger partial charge in [-0.25, -0.2) is 4.79 Å². The summed E-state index contributed by atoms with van der Waals surface area (Å²) >= 11 is 0. The van der Waals surface area contributed by atoms with E-state index in [2.05, 4.69) is 54.5 Å². The monoisotopic (exact) mass is 648 g/mol. The van der Waals surface area contributed by atoms with E-state index >= 15 is 0 Å². The van der Waals surface area contributed by atoms with Gasteiger partial charge in [0.1, 0.15) is 6.10 Å². The number of carboxylic acids is 2. The van der Waals surface area contributed by atoms with Crippen LogP contribution in [0.5, 0.6) is 0 Å². The van der Waals surface area contributed by atoms with Gasteiger partial charge in [-0.3, -0.25) is 0 Å². The van der Waals surface area contributed by atoms with Crippen LogP contribution in [0.2, 0.25) is 0 Å². The van der Waals surface area contributed by atoms with Gasteiger partial charge in [0.15, 0.2) is 0 Å². The van der Waals surface area contributed by atoms with Crippen LogP contribution in [-0.2, 0) is 9.53 Å². The molecule has 6 rings (SSSR count). The number of hydrogen-bond donors (Lipinski definition) is 0. The first-order valence-electron chi connectivity index (χ1n) is 16.9. The minimum absolute atomic E-state index is 0. The standard InChI is InChI=1S/C38H52O6.2Na/c1-33(2)18-20-38(32(42)43)21-19-36(6)25(26(38)22-33)12-13-28-35(5)16-15-29(34(3,4)27(35)14-17-37(28,36)7)44-31(41)24-11-9-8-10-23(24)30(39)40;;/h8-12,26-29H,13-22H2,1-7H3,(H,39,40)(H,42,43);;/q;2*+1/p-2/t26-,27-,28+,29-,35-,36+,37+,38-;;/m0../s1. The van der Waals surface area contributed by atoms with E-state index in [1.807, 2.05) is 0 Å². The molecule has 0 saturated heterocycles. The van der Waals surface area contributed by atoms with Crippen molar-refractivity contribution in [1.82, 2.24) is 0 Å². The molecule has 0 unspecified atom stereocenters. The quantitative estimate of drug-likeness (QED) is 0.261. The molecule has 0 N–H and O–H groups in total. The number of esters is 1. The van der Waals surface area contributed by atoms with Crippen molar-refractivity contribution in [3.05, 3.63) is 47.0 Å². The molecule has 0 heterocycles. The van der Waals surface area contributed by atoms with E-state index in [0.29, 0.717) is 24.7 Å². The van der Waals surface area contributed by atoms with Crippen molar-refractivity contribution in [3.63, 3.8) is 0 Å². The number of aromatic carboxylic acids is 1. The molecule has 4 fully saturated rings. The maximum atomic E-state index is 13.3. The zero-order valence-electron chi connectivity index (χ0n) is 29.7. The number of hydrogen-bond acceptors (Lipinski definition) is 6. The number of carbonyl (C=O) groups is 3. The Kier molecular flexibility index (Phi) is 10.5. The fraction of sp³-hybridized carbons (Fsp3) is 0.711. The van der Waals surface area contributed by atoms with E-state index in [-0.39, 0.29) is 109 Å². The van der Waals surface area contributed by atoms with Gasteiger partial charge in [0.05, 0.1) is 11.5 Å². The van der Waals surface area contributed by atoms with Gasteiger partial charge in [-0.15, -0.1) is 0 Å². The van der Waals surface area contributed by atoms with E-state index in [9.17, 15) is 24.6 Å². The van der Waals surface area contributed by atoms with Crippen molar-refractivity contribution in [1.29, 1.82) is 0 Å². The van der Waals surface area contributed by atoms with E-state index in [0.717, 1.165) is 51.4 Å². The second-order valence-electron chi connectivity index (χ2n) is 17.2. The van der Waals surface area contributed by atoms with Crippen LogP contribution < -0.4 is 69.3 Å². The zero-order chi connectivity index (χ0) is 32.1. The Morgan fingerprint density at radius 1 is 0.783 bits per heavy atom. The second-order valence-corrected chi connectivity index (χ2v) is 17.2. The van der Waals surface area contributed by atoms with Crippen LogP contribution in [0.3, 0.4) is 0 Å². The first kappa shape index (κ1) is 38.2. The van der Waals surface area contributed by atoms with Crippen LogP contribution >= 0.6 is 0 Å². The predicted octanol–water partition coefficient (Wildman–Crippen LogP) is 0.135. The van der Waals surface area contributed by atoms with Crippen molar-refractivity contribution in [2.75, 3.05) is 0 Å². The fourth-order valence-corrected chi connectivity index (χ4v) is 11.8. The molecule has 6 nitrogen and oxygen atoms in total. The van der Waals surface area contributed by atoms with Crippen LogP contribution in [0, 0.1) is 50.2 Å². The molecule has 1 aromatic carbocycles. The summed E-state index contributed by atoms with van der Waals surface area (Å²) in [5.74, 6) is -2.03. The minimum Gasteiger partial charge on any atom is -0.550 e. The maximum Gasteiger partial charge on any atom is 1.00 e. The Hall–Kier alpha value is -0.630. The predicted molar refractivity (Wildman–Crippen MR) is 164 cm³/mol. The van der Waals surface area contributed by atoms with Gasteiger partial charge in [-0.05, 0) is 110 Å². The SMILES string of the molecule is CC1(C)CC[C@]2(C(=O)[O-])CC[C@]3(C)C(=CC[C@@H]4[C@@]5(C)CC[C@H](OC(=O)c6ccccc6C(=O)[O-])C(C)(C)[C@@H]5CC[C@]43C)[C@@H]2C1.[Na+].[Na+]. The molecule has 8 heteroatoms. The van der Waals surface area contributed by atoms with Gasteiger partial charge in [-0.2, -0.15) is 0 Å². The van der Waals surface area contributed by atoms with Crippen LogP contribution in [-0.4, -0.2) is 24.0 Å². The summed E-state index contributed by atoms with van der Waals surface area (Å²) in [7, 11) is 0. The molecule has 0 aliphatic heterocycles. The summed E-state index contributed by atoms with van der Waals surface area (Å²) in [6, 6.07) is 6.12. The third-order valence-electron chi connectivity index (χ3n) is 14.6. The Balaban J connectivity index is 0.00000240. The molecular weight excluding hydrogens is 598 g/mol. The summed E-state index contributed by atoms with van der Waals surface area (Å²) in [5.41, 5.74) is 0.376. The largest absolute Gasteiger partial charge is 1.00 e. The molecule has 46 heavy (non-hydrogen) atoms. The number of allylic oxidation sites excluding steroid dienone is 2. The number of ether oxygens (including phenoxy) is 1. The van der Waals surface area contributed by atoms with Gasteiger partial charge < -0.3 is 24.5 Å². The molecule has 0 bridgehead atoms. The average molecular weight is 649 g/mol. The smallest absolute Gasteiger partial charge is 0.550 e. The van der Waals surface area contributed by atoms with Crippen molar-refractivity contribution in [3.8, 4) is 0 Å². The normalized spacial score (nSPS) is 40.1. The Morgan fingerprint density at radius 3 is 2.04 bits per heavy atom. The summed E-state index contributed by atoms with van der Waals surface area (Å²) < 4.78 is 6.15. The van der Waals surface area contributed by atoms with Gasteiger partial charge in [0.25, 0.3) is 0 Å². The first-order chi connectivity index (χ1) is 20.4. The number of aliphatic carboxylic acids is 1. The molecule has 8 atom stereocenters. The number of benzene rings is 1. The molecule has 4 saturated carbocycles. The minimum atomic E-state index is -1.38. The van der Waals surface area contributed by atoms with Gasteiger partial charge in [-0.1, -0.05) is 78.3 Å². The van der Waals surface area contributed by atoms with Crippen molar-refractivity contribution >= 4 is 17.9 Å². The third kappa shape index (κ3) is 5.46. The van der Waals surface area contributed by atoms with Crippen molar-refractivity contribution in [2.24, 2.45) is 50.2 Å². The zero-order valence-corrected chi connectivity index (χ0v) is 33.7. The van der Waals surface area contributed by atoms with Crippen LogP contribution in [0.4, 0.5) is 0 Å². The van der Waals surface area contributed by atoms with E-state index < -0.39 is 23.3 Å². The number of carboxylic acid groups (broad SMARTS) is 2. The Labute approximate surface area is 319 Å². The van der Waals surface area contributed by atoms with Gasteiger partial charge >= 0.3 is 65.1 Å². The van der Waals surface area contributed by atoms with E-state index in [4.69, 9.17) is 4.74 Å². The molecule has 0 spiro atoms. The topological polar surface area (TPSA) is 107 Å². The molecule has 5 aliphatic rings. The Morgan fingerprint density at radius 2 is 1.41 bits per heavy atom. The molecular formula is C38H50Na2O6. The molecule has 1 aromatic rings. The second kappa shape index (κ2) is 12.6. The van der Waals surface area contributed by atoms with E-state index in [1.54, 1.807) is 12.1 Å². The number of carbonyl (C=O) groups excluding carboxylic acids is 3. The average Bonchev–Trinajstić information content (AvgIpc) is 2.94. The van der Waals surface area contributed by atoms with Crippen molar-refractivity contribution < 1.29 is 88.4 Å². The Bertz CT molecular complexity index is 1430. The van der Waals surface area contributed by atoms with Crippen LogP contribution in [0.25, 0.3) is 0 Å². The first-order valence-corrected chi connectivity index (χ1v) is 16.9. The fourth-order valence-electron chi connectivity index (χ4n) is 11.8. The van der Waals surface area contributed by atoms with Gasteiger partial charge in [0.2, 0.25) is 0 Å². The van der Waals surface area contributed by atoms with Crippen LogP contribution in [0.15, 0.2) is 35.9 Å². The van der Waals surface area contributed by atoms with Crippen LogP contribution in [0.1, 0.15) is 133 Å². The van der Waals surface area contributed by atoms with Gasteiger partial charge in [0, 0.05) is 22.4 Å². The molecule has 0 amide bonds. The summed E-state index contributed by atoms with van der Waals surface area (Å²) in [5, 5.41) is 24.5. The summed E-state index contributed by atoms with van der Waals surface area (Å²) in [6.45, 7) is 16.5. The molecule has 0 radical (unpaired) electrons. The summed E-state index contributed by atoms with van der Waals surface area (Å²) in [4.78, 5) is 37.8. The van der Waals surface area contributed by atoms with E-state index in [1.165, 1.54) is 17.7 Å².